The van der Waals surface area contributed by atoms with Crippen molar-refractivity contribution in [3.8, 4) is 0 Å². The Hall–Kier alpha value is -0.0200. The third-order valence-electron chi connectivity index (χ3n) is 2.67. The van der Waals surface area contributed by atoms with E-state index in [1.165, 1.54) is 12.5 Å². The zero-order valence-corrected chi connectivity index (χ0v) is 11.0. The molecule has 0 bridgehead atoms. The number of nitrogens with zero attached hydrogens (tertiary/aromatic N) is 1. The van der Waals surface area contributed by atoms with Crippen LogP contribution >= 0.6 is 35.6 Å². The standard InChI is InChI=1S/C11H12Cl2FN.ClH/c12-9-6-8(2-3-11(9)14)10(13)7-15-4-1-5-15;/h2-3,6,10H,1,4-5,7H2;1H. The maximum absolute atomic E-state index is 12.9. The summed E-state index contributed by atoms with van der Waals surface area (Å²) < 4.78 is 12.9. The number of hydrogen-bond donors (Lipinski definition) is 0. The number of hydrogen-bond acceptors (Lipinski definition) is 1. The molecule has 5 heteroatoms. The summed E-state index contributed by atoms with van der Waals surface area (Å²) >= 11 is 11.9. The van der Waals surface area contributed by atoms with E-state index in [9.17, 15) is 4.39 Å². The quantitative estimate of drug-likeness (QED) is 0.761. The summed E-state index contributed by atoms with van der Waals surface area (Å²) in [6, 6.07) is 4.66. The number of alkyl halides is 1. The Morgan fingerprint density at radius 1 is 1.38 bits per heavy atom. The number of rotatable bonds is 3. The molecule has 1 aromatic carbocycles. The highest BCUT2D eigenvalue weighted by atomic mass is 35.5. The second-order valence-electron chi connectivity index (χ2n) is 3.80. The van der Waals surface area contributed by atoms with Gasteiger partial charge in [-0.2, -0.15) is 0 Å². The molecule has 1 aliphatic heterocycles. The molecular weight excluding hydrogens is 271 g/mol. The average Bonchev–Trinajstić information content (AvgIpc) is 2.15. The van der Waals surface area contributed by atoms with Crippen molar-refractivity contribution in [3.63, 3.8) is 0 Å². The molecule has 0 aliphatic carbocycles. The van der Waals surface area contributed by atoms with Gasteiger partial charge in [-0.05, 0) is 37.2 Å². The largest absolute Gasteiger partial charge is 0.301 e. The minimum absolute atomic E-state index is 0. The van der Waals surface area contributed by atoms with Crippen molar-refractivity contribution in [2.75, 3.05) is 19.6 Å². The predicted octanol–water partition coefficient (Wildman–Crippen LogP) is 3.89. The predicted molar refractivity (Wildman–Crippen MR) is 68.3 cm³/mol. The first kappa shape index (κ1) is 14.0. The molecule has 1 saturated heterocycles. The second kappa shape index (κ2) is 6.06. The summed E-state index contributed by atoms with van der Waals surface area (Å²) in [5.74, 6) is -0.395. The molecule has 16 heavy (non-hydrogen) atoms. The van der Waals surface area contributed by atoms with E-state index >= 15 is 0 Å². The summed E-state index contributed by atoms with van der Waals surface area (Å²) in [7, 11) is 0. The molecule has 0 N–H and O–H groups in total. The topological polar surface area (TPSA) is 3.24 Å². The van der Waals surface area contributed by atoms with Crippen molar-refractivity contribution in [1.29, 1.82) is 0 Å². The maximum Gasteiger partial charge on any atom is 0.141 e. The van der Waals surface area contributed by atoms with Gasteiger partial charge in [0, 0.05) is 6.54 Å². The molecule has 1 fully saturated rings. The number of halogens is 4. The SMILES string of the molecule is Cl.Fc1ccc(C(Cl)CN2CCC2)cc1Cl. The molecule has 0 spiro atoms. The van der Waals surface area contributed by atoms with Gasteiger partial charge in [-0.1, -0.05) is 17.7 Å². The highest BCUT2D eigenvalue weighted by molar-refractivity contribution is 6.31. The molecule has 1 nitrogen and oxygen atoms in total. The Bertz CT molecular complexity index is 355. The molecule has 1 aromatic rings. The minimum Gasteiger partial charge on any atom is -0.301 e. The zero-order chi connectivity index (χ0) is 10.8. The molecule has 1 unspecified atom stereocenters. The van der Waals surface area contributed by atoms with Crippen LogP contribution in [0.5, 0.6) is 0 Å². The van der Waals surface area contributed by atoms with Crippen LogP contribution in [0.25, 0.3) is 0 Å². The first-order chi connectivity index (χ1) is 7.16. The van der Waals surface area contributed by atoms with E-state index in [1.807, 2.05) is 0 Å². The molecule has 2 rings (SSSR count). The lowest BCUT2D eigenvalue weighted by atomic mass is 10.1. The van der Waals surface area contributed by atoms with E-state index in [0.717, 1.165) is 25.2 Å². The van der Waals surface area contributed by atoms with Crippen molar-refractivity contribution < 1.29 is 4.39 Å². The Kier molecular flexibility index (Phi) is 5.32. The summed E-state index contributed by atoms with van der Waals surface area (Å²) in [6.07, 6.45) is 1.24. The summed E-state index contributed by atoms with van der Waals surface area (Å²) in [5.41, 5.74) is 0.884. The van der Waals surface area contributed by atoms with Gasteiger partial charge in [-0.3, -0.25) is 0 Å². The lowest BCUT2D eigenvalue weighted by molar-refractivity contribution is 0.181. The fourth-order valence-corrected chi connectivity index (χ4v) is 2.12. The Morgan fingerprint density at radius 3 is 2.56 bits per heavy atom. The number of benzene rings is 1. The molecule has 1 aliphatic rings. The van der Waals surface area contributed by atoms with E-state index < -0.39 is 5.82 Å². The van der Waals surface area contributed by atoms with Crippen molar-refractivity contribution >= 4 is 35.6 Å². The minimum atomic E-state index is -0.395. The Labute approximate surface area is 111 Å². The van der Waals surface area contributed by atoms with E-state index in [4.69, 9.17) is 23.2 Å². The normalized spacial score (nSPS) is 17.4. The Morgan fingerprint density at radius 2 is 2.06 bits per heavy atom. The van der Waals surface area contributed by atoms with Gasteiger partial charge >= 0.3 is 0 Å². The summed E-state index contributed by atoms with van der Waals surface area (Å²) in [5, 5.41) is 0.0326. The van der Waals surface area contributed by atoms with Gasteiger partial charge in [-0.15, -0.1) is 24.0 Å². The van der Waals surface area contributed by atoms with Crippen LogP contribution in [0.15, 0.2) is 18.2 Å². The highest BCUT2D eigenvalue weighted by Crippen LogP contribution is 2.27. The smallest absolute Gasteiger partial charge is 0.141 e. The van der Waals surface area contributed by atoms with E-state index in [0.29, 0.717) is 0 Å². The van der Waals surface area contributed by atoms with E-state index in [-0.39, 0.29) is 22.8 Å². The van der Waals surface area contributed by atoms with Crippen molar-refractivity contribution in [1.82, 2.24) is 4.90 Å². The van der Waals surface area contributed by atoms with Crippen LogP contribution < -0.4 is 0 Å². The van der Waals surface area contributed by atoms with Gasteiger partial charge in [0.05, 0.1) is 10.4 Å². The third kappa shape index (κ3) is 3.24. The zero-order valence-electron chi connectivity index (χ0n) is 8.63. The molecule has 0 aromatic heterocycles. The lowest BCUT2D eigenvalue weighted by Crippen LogP contribution is -2.39. The van der Waals surface area contributed by atoms with Crippen molar-refractivity contribution in [2.24, 2.45) is 0 Å². The molecule has 0 radical (unpaired) electrons. The Balaban J connectivity index is 0.00000128. The van der Waals surface area contributed by atoms with Crippen molar-refractivity contribution in [3.05, 3.63) is 34.6 Å². The molecule has 1 heterocycles. The lowest BCUT2D eigenvalue weighted by Gasteiger charge is -2.32. The molecule has 1 atom stereocenters. The van der Waals surface area contributed by atoms with Crippen molar-refractivity contribution in [2.45, 2.75) is 11.8 Å². The third-order valence-corrected chi connectivity index (χ3v) is 3.35. The number of likely N-dealkylation sites (tertiary alicyclic amines) is 1. The van der Waals surface area contributed by atoms with Crippen LogP contribution in [0.3, 0.4) is 0 Å². The van der Waals surface area contributed by atoms with Gasteiger partial charge in [0.15, 0.2) is 0 Å². The average molecular weight is 285 g/mol. The van der Waals surface area contributed by atoms with Crippen LogP contribution in [0, 0.1) is 5.82 Å². The molecule has 0 saturated carbocycles. The van der Waals surface area contributed by atoms with Gasteiger partial charge in [0.25, 0.3) is 0 Å². The maximum atomic E-state index is 12.9. The van der Waals surface area contributed by atoms with Crippen LogP contribution in [0.2, 0.25) is 5.02 Å². The highest BCUT2D eigenvalue weighted by Gasteiger charge is 2.19. The van der Waals surface area contributed by atoms with Crippen LogP contribution in [-0.4, -0.2) is 24.5 Å². The van der Waals surface area contributed by atoms with Gasteiger partial charge in [0.2, 0.25) is 0 Å². The van der Waals surface area contributed by atoms with Gasteiger partial charge < -0.3 is 4.90 Å². The van der Waals surface area contributed by atoms with E-state index in [2.05, 4.69) is 4.90 Å². The first-order valence-electron chi connectivity index (χ1n) is 4.98. The van der Waals surface area contributed by atoms with Crippen LogP contribution in [0.4, 0.5) is 4.39 Å². The molecule has 90 valence electrons. The second-order valence-corrected chi connectivity index (χ2v) is 4.73. The fraction of sp³-hybridized carbons (Fsp3) is 0.455. The van der Waals surface area contributed by atoms with Crippen LogP contribution in [0.1, 0.15) is 17.4 Å². The van der Waals surface area contributed by atoms with Crippen LogP contribution in [-0.2, 0) is 0 Å². The van der Waals surface area contributed by atoms with E-state index in [1.54, 1.807) is 12.1 Å². The first-order valence-corrected chi connectivity index (χ1v) is 5.79. The monoisotopic (exact) mass is 283 g/mol. The molecule has 0 amide bonds. The summed E-state index contributed by atoms with van der Waals surface area (Å²) in [4.78, 5) is 2.27. The summed E-state index contributed by atoms with van der Waals surface area (Å²) in [6.45, 7) is 3.03. The fourth-order valence-electron chi connectivity index (χ4n) is 1.60. The molecular formula is C11H13Cl3FN. The van der Waals surface area contributed by atoms with Gasteiger partial charge in [0.1, 0.15) is 5.82 Å². The van der Waals surface area contributed by atoms with Gasteiger partial charge in [-0.25, -0.2) is 4.39 Å².